The number of benzene rings is 3. The number of piperidine rings is 2. The van der Waals surface area contributed by atoms with Crippen LogP contribution in [0.3, 0.4) is 0 Å². The number of nitrogens with zero attached hydrogens (tertiary/aromatic N) is 3. The van der Waals surface area contributed by atoms with E-state index in [4.69, 9.17) is 4.74 Å². The molecule has 8 heteroatoms. The molecule has 3 aromatic carbocycles. The first-order valence-electron chi connectivity index (χ1n) is 15.7. The summed E-state index contributed by atoms with van der Waals surface area (Å²) in [7, 11) is 0. The molecule has 0 saturated carbocycles. The lowest BCUT2D eigenvalue weighted by molar-refractivity contribution is -0.187. The number of ketones is 2. The van der Waals surface area contributed by atoms with E-state index in [-0.39, 0.29) is 29.0 Å². The van der Waals surface area contributed by atoms with Gasteiger partial charge in [0.05, 0.1) is 5.60 Å². The predicted octanol–water partition coefficient (Wildman–Crippen LogP) is 4.77. The van der Waals surface area contributed by atoms with Crippen molar-refractivity contribution >= 4 is 17.5 Å². The summed E-state index contributed by atoms with van der Waals surface area (Å²) in [5.74, 6) is 0.193. The predicted molar refractivity (Wildman–Crippen MR) is 167 cm³/mol. The molecule has 3 aliphatic heterocycles. The van der Waals surface area contributed by atoms with Crippen LogP contribution in [-0.2, 0) is 17.8 Å². The van der Waals surface area contributed by atoms with E-state index in [1.807, 2.05) is 88.7 Å². The molecular formula is C36H41N3O5. The number of amides is 1. The zero-order valence-electron chi connectivity index (χ0n) is 25.4. The third-order valence-electron chi connectivity index (χ3n) is 9.49. The Morgan fingerprint density at radius 1 is 0.773 bits per heavy atom. The first-order chi connectivity index (χ1) is 21.3. The molecule has 1 atom stereocenters. The van der Waals surface area contributed by atoms with Crippen LogP contribution in [0, 0.1) is 5.92 Å². The fraction of sp³-hybridized carbons (Fsp3) is 0.417. The van der Waals surface area contributed by atoms with Crippen LogP contribution in [0.2, 0.25) is 0 Å². The van der Waals surface area contributed by atoms with Crippen LogP contribution in [0.4, 0.5) is 0 Å². The largest absolute Gasteiger partial charge is 0.356 e. The van der Waals surface area contributed by atoms with Crippen molar-refractivity contribution in [1.29, 1.82) is 0 Å². The maximum Gasteiger partial charge on any atom is 0.253 e. The van der Waals surface area contributed by atoms with Gasteiger partial charge >= 0.3 is 0 Å². The lowest BCUT2D eigenvalue weighted by Gasteiger charge is -2.38. The molecule has 44 heavy (non-hydrogen) atoms. The van der Waals surface area contributed by atoms with E-state index < -0.39 is 6.41 Å². The minimum absolute atomic E-state index is 0.00721. The van der Waals surface area contributed by atoms with E-state index in [0.717, 1.165) is 49.2 Å². The van der Waals surface area contributed by atoms with Crippen molar-refractivity contribution in [2.24, 2.45) is 5.92 Å². The van der Waals surface area contributed by atoms with Gasteiger partial charge in [0.1, 0.15) is 0 Å². The molecule has 3 aliphatic rings. The van der Waals surface area contributed by atoms with Gasteiger partial charge in [-0.05, 0) is 55.9 Å². The Hall–Kier alpha value is -3.69. The average molecular weight is 596 g/mol. The van der Waals surface area contributed by atoms with E-state index in [0.29, 0.717) is 44.6 Å². The first-order valence-corrected chi connectivity index (χ1v) is 15.7. The van der Waals surface area contributed by atoms with Crippen molar-refractivity contribution in [3.63, 3.8) is 0 Å². The fourth-order valence-corrected chi connectivity index (χ4v) is 6.77. The molecule has 1 unspecified atom stereocenters. The van der Waals surface area contributed by atoms with E-state index in [1.165, 1.54) is 5.56 Å². The topological polar surface area (TPSA) is 90.4 Å². The van der Waals surface area contributed by atoms with E-state index in [2.05, 4.69) is 4.90 Å². The van der Waals surface area contributed by atoms with Crippen molar-refractivity contribution in [1.82, 2.24) is 14.7 Å². The van der Waals surface area contributed by atoms with Gasteiger partial charge in [-0.2, -0.15) is 0 Å². The van der Waals surface area contributed by atoms with Crippen molar-refractivity contribution in [3.8, 4) is 0 Å². The minimum atomic E-state index is -0.957. The summed E-state index contributed by atoms with van der Waals surface area (Å²) in [5.41, 5.74) is 3.95. The van der Waals surface area contributed by atoms with Crippen LogP contribution >= 0.6 is 0 Å². The SMILES string of the molecule is CC(=O)c1ccc(CN2CCC3(CC2)CN(Cc2ccc(C(=O)N4CCC(C(=O)c5ccccc5)CC4)cc2)C(O)O3)cc1. The van der Waals surface area contributed by atoms with Crippen LogP contribution in [0.15, 0.2) is 78.9 Å². The molecule has 3 heterocycles. The van der Waals surface area contributed by atoms with E-state index in [1.54, 1.807) is 6.92 Å². The maximum absolute atomic E-state index is 13.2. The monoisotopic (exact) mass is 595 g/mol. The lowest BCUT2D eigenvalue weighted by atomic mass is 9.88. The highest BCUT2D eigenvalue weighted by atomic mass is 16.7. The molecule has 0 radical (unpaired) electrons. The molecule has 1 amide bonds. The third kappa shape index (κ3) is 6.84. The summed E-state index contributed by atoms with van der Waals surface area (Å²) in [6.07, 6.45) is 2.08. The highest BCUT2D eigenvalue weighted by Crippen LogP contribution is 2.36. The Kier molecular flexibility index (Phi) is 9.05. The number of carbonyl (C=O) groups is 3. The maximum atomic E-state index is 13.2. The Balaban J connectivity index is 0.972. The van der Waals surface area contributed by atoms with Gasteiger partial charge in [0.2, 0.25) is 6.41 Å². The zero-order chi connectivity index (χ0) is 30.7. The van der Waals surface area contributed by atoms with Gasteiger partial charge in [0, 0.05) is 68.4 Å². The van der Waals surface area contributed by atoms with Crippen molar-refractivity contribution in [3.05, 3.63) is 107 Å². The quantitative estimate of drug-likeness (QED) is 0.376. The second kappa shape index (κ2) is 13.1. The molecule has 1 N–H and O–H groups in total. The zero-order valence-corrected chi connectivity index (χ0v) is 25.4. The molecular weight excluding hydrogens is 554 g/mol. The van der Waals surface area contributed by atoms with Gasteiger partial charge in [-0.1, -0.05) is 66.7 Å². The number of aliphatic hydroxyl groups is 1. The number of hydrogen-bond acceptors (Lipinski definition) is 7. The van der Waals surface area contributed by atoms with Gasteiger partial charge in [-0.3, -0.25) is 19.3 Å². The standard InChI is InChI=1S/C36H41N3O5/c1-26(40)29-11-7-27(8-12-29)23-37-21-17-36(18-22-37)25-39(35(43)44-36)24-28-9-13-32(14-10-28)34(42)38-19-15-31(16-20-38)33(41)30-5-3-2-4-6-30/h2-14,31,35,43H,15-25H2,1H3. The first kappa shape index (κ1) is 30.3. The minimum Gasteiger partial charge on any atom is -0.356 e. The van der Waals surface area contributed by atoms with Crippen molar-refractivity contribution in [2.75, 3.05) is 32.7 Å². The summed E-state index contributed by atoms with van der Waals surface area (Å²) < 4.78 is 6.14. The fourth-order valence-electron chi connectivity index (χ4n) is 6.77. The van der Waals surface area contributed by atoms with Crippen LogP contribution in [-0.4, -0.2) is 82.0 Å². The summed E-state index contributed by atoms with van der Waals surface area (Å²) in [6, 6.07) is 24.8. The van der Waals surface area contributed by atoms with Crippen LogP contribution in [0.5, 0.6) is 0 Å². The molecule has 230 valence electrons. The van der Waals surface area contributed by atoms with Crippen molar-refractivity contribution in [2.45, 2.75) is 57.7 Å². The average Bonchev–Trinajstić information content (AvgIpc) is 3.36. The normalized spacial score (nSPS) is 21.0. The number of aliphatic hydroxyl groups excluding tert-OH is 1. The van der Waals surface area contributed by atoms with E-state index >= 15 is 0 Å². The smallest absolute Gasteiger partial charge is 0.253 e. The van der Waals surface area contributed by atoms with Crippen molar-refractivity contribution < 1.29 is 24.2 Å². The van der Waals surface area contributed by atoms with Gasteiger partial charge in [0.15, 0.2) is 11.6 Å². The number of hydrogen-bond donors (Lipinski definition) is 1. The number of ether oxygens (including phenoxy) is 1. The highest BCUT2D eigenvalue weighted by molar-refractivity contribution is 5.98. The Labute approximate surface area is 259 Å². The molecule has 8 nitrogen and oxygen atoms in total. The highest BCUT2D eigenvalue weighted by Gasteiger charge is 2.46. The molecule has 1 spiro atoms. The van der Waals surface area contributed by atoms with Gasteiger partial charge in [-0.15, -0.1) is 0 Å². The number of carbonyl (C=O) groups excluding carboxylic acids is 3. The van der Waals surface area contributed by atoms with Gasteiger partial charge in [-0.25, -0.2) is 4.90 Å². The lowest BCUT2D eigenvalue weighted by Crippen LogP contribution is -2.46. The van der Waals surface area contributed by atoms with E-state index in [9.17, 15) is 19.5 Å². The number of likely N-dealkylation sites (tertiary alicyclic amines) is 2. The third-order valence-corrected chi connectivity index (χ3v) is 9.49. The second-order valence-corrected chi connectivity index (χ2v) is 12.6. The molecule has 3 saturated heterocycles. The van der Waals surface area contributed by atoms with Crippen LogP contribution < -0.4 is 0 Å². The summed E-state index contributed by atoms with van der Waals surface area (Å²) in [4.78, 5) is 43.8. The van der Waals surface area contributed by atoms with Crippen LogP contribution in [0.1, 0.15) is 74.8 Å². The van der Waals surface area contributed by atoms with Gasteiger partial charge < -0.3 is 14.7 Å². The molecule has 0 bridgehead atoms. The summed E-state index contributed by atoms with van der Waals surface area (Å²) >= 11 is 0. The second-order valence-electron chi connectivity index (χ2n) is 12.6. The Bertz CT molecular complexity index is 1460. The number of Topliss-reactive ketones (excluding diaryl/α,β-unsaturated/α-hetero) is 2. The summed E-state index contributed by atoms with van der Waals surface area (Å²) in [5, 5.41) is 10.8. The number of rotatable bonds is 8. The molecule has 0 aliphatic carbocycles. The summed E-state index contributed by atoms with van der Waals surface area (Å²) in [6.45, 7) is 6.52. The Morgan fingerprint density at radius 3 is 1.98 bits per heavy atom. The molecule has 6 rings (SSSR count). The van der Waals surface area contributed by atoms with Crippen LogP contribution in [0.25, 0.3) is 0 Å². The molecule has 3 fully saturated rings. The van der Waals surface area contributed by atoms with Gasteiger partial charge in [0.25, 0.3) is 5.91 Å². The molecule has 3 aromatic rings. The Morgan fingerprint density at radius 2 is 1.36 bits per heavy atom. The molecule has 0 aromatic heterocycles.